The average Bonchev–Trinajstić information content (AvgIpc) is 2.91. The van der Waals surface area contributed by atoms with Crippen molar-refractivity contribution in [3.05, 3.63) is 42.7 Å². The van der Waals surface area contributed by atoms with E-state index in [1.54, 1.807) is 19.5 Å². The van der Waals surface area contributed by atoms with Crippen molar-refractivity contribution >= 4 is 10.9 Å². The van der Waals surface area contributed by atoms with Crippen LogP contribution in [-0.4, -0.2) is 22.1 Å². The van der Waals surface area contributed by atoms with E-state index < -0.39 is 0 Å². The standard InChI is InChI=1S/C13H11N3O/c1-17-13-10(12-14-6-7-15-12)8-9-4-2-3-5-11(9)16-13/h2-8H,1H3,(H,14,15). The molecule has 1 aromatic carbocycles. The molecule has 0 amide bonds. The number of aromatic nitrogens is 3. The number of para-hydroxylation sites is 1. The summed E-state index contributed by atoms with van der Waals surface area (Å²) in [7, 11) is 1.61. The molecule has 0 saturated carbocycles. The number of methoxy groups -OCH3 is 1. The second-order valence-corrected chi connectivity index (χ2v) is 3.68. The van der Waals surface area contributed by atoms with E-state index >= 15 is 0 Å². The highest BCUT2D eigenvalue weighted by molar-refractivity contribution is 5.84. The van der Waals surface area contributed by atoms with E-state index in [0.717, 1.165) is 22.3 Å². The zero-order valence-electron chi connectivity index (χ0n) is 9.34. The van der Waals surface area contributed by atoms with Crippen LogP contribution in [0, 0.1) is 0 Å². The second kappa shape index (κ2) is 3.90. The number of nitrogens with one attached hydrogen (secondary N) is 1. The molecular formula is C13H11N3O. The third-order valence-corrected chi connectivity index (χ3v) is 2.64. The summed E-state index contributed by atoms with van der Waals surface area (Å²) in [5.74, 6) is 1.35. The minimum absolute atomic E-state index is 0.582. The summed E-state index contributed by atoms with van der Waals surface area (Å²) in [5.41, 5.74) is 1.79. The van der Waals surface area contributed by atoms with Gasteiger partial charge in [-0.15, -0.1) is 0 Å². The van der Waals surface area contributed by atoms with Crippen LogP contribution in [0.25, 0.3) is 22.3 Å². The van der Waals surface area contributed by atoms with Crippen LogP contribution in [-0.2, 0) is 0 Å². The highest BCUT2D eigenvalue weighted by atomic mass is 16.5. The fourth-order valence-electron chi connectivity index (χ4n) is 1.84. The molecule has 0 saturated heterocycles. The van der Waals surface area contributed by atoms with Gasteiger partial charge in [0.25, 0.3) is 0 Å². The van der Waals surface area contributed by atoms with Crippen LogP contribution in [0.4, 0.5) is 0 Å². The predicted octanol–water partition coefficient (Wildman–Crippen LogP) is 2.63. The first-order chi connectivity index (χ1) is 8.38. The number of imidazole rings is 1. The fourth-order valence-corrected chi connectivity index (χ4v) is 1.84. The highest BCUT2D eigenvalue weighted by Crippen LogP contribution is 2.28. The second-order valence-electron chi connectivity index (χ2n) is 3.68. The monoisotopic (exact) mass is 225 g/mol. The number of hydrogen-bond donors (Lipinski definition) is 1. The molecule has 2 heterocycles. The quantitative estimate of drug-likeness (QED) is 0.729. The molecule has 0 aliphatic rings. The van der Waals surface area contributed by atoms with Crippen LogP contribution >= 0.6 is 0 Å². The molecule has 4 heteroatoms. The lowest BCUT2D eigenvalue weighted by Crippen LogP contribution is -1.93. The van der Waals surface area contributed by atoms with E-state index in [9.17, 15) is 0 Å². The van der Waals surface area contributed by atoms with Gasteiger partial charge in [-0.05, 0) is 12.1 Å². The molecule has 2 aromatic heterocycles. The minimum Gasteiger partial charge on any atom is -0.480 e. The Balaban J connectivity index is 2.29. The maximum atomic E-state index is 5.31. The molecule has 17 heavy (non-hydrogen) atoms. The first kappa shape index (κ1) is 9.84. The van der Waals surface area contributed by atoms with Crippen molar-refractivity contribution in [3.8, 4) is 17.3 Å². The van der Waals surface area contributed by atoms with Crippen LogP contribution < -0.4 is 4.74 Å². The number of hydrogen-bond acceptors (Lipinski definition) is 3. The van der Waals surface area contributed by atoms with Crippen molar-refractivity contribution in [1.29, 1.82) is 0 Å². The number of aromatic amines is 1. The molecule has 84 valence electrons. The van der Waals surface area contributed by atoms with Gasteiger partial charge in [-0.1, -0.05) is 18.2 Å². The van der Waals surface area contributed by atoms with E-state index in [0.29, 0.717) is 5.88 Å². The third kappa shape index (κ3) is 1.63. The zero-order valence-corrected chi connectivity index (χ0v) is 9.34. The van der Waals surface area contributed by atoms with Crippen LogP contribution in [0.15, 0.2) is 42.7 Å². The van der Waals surface area contributed by atoms with Crippen molar-refractivity contribution in [2.24, 2.45) is 0 Å². The van der Waals surface area contributed by atoms with Gasteiger partial charge in [0, 0.05) is 17.8 Å². The molecule has 0 aliphatic carbocycles. The van der Waals surface area contributed by atoms with Gasteiger partial charge in [-0.2, -0.15) is 0 Å². The summed E-state index contributed by atoms with van der Waals surface area (Å²) in [4.78, 5) is 11.8. The number of rotatable bonds is 2. The number of ether oxygens (including phenoxy) is 1. The number of nitrogens with zero attached hydrogens (tertiary/aromatic N) is 2. The molecule has 3 aromatic rings. The van der Waals surface area contributed by atoms with Gasteiger partial charge in [0.15, 0.2) is 0 Å². The zero-order chi connectivity index (χ0) is 11.7. The molecule has 0 radical (unpaired) electrons. The van der Waals surface area contributed by atoms with Crippen LogP contribution in [0.3, 0.4) is 0 Å². The molecular weight excluding hydrogens is 214 g/mol. The van der Waals surface area contributed by atoms with E-state index in [1.165, 1.54) is 0 Å². The van der Waals surface area contributed by atoms with Crippen LogP contribution in [0.5, 0.6) is 5.88 Å². The van der Waals surface area contributed by atoms with Crippen molar-refractivity contribution < 1.29 is 4.74 Å². The lowest BCUT2D eigenvalue weighted by Gasteiger charge is -2.07. The van der Waals surface area contributed by atoms with Crippen molar-refractivity contribution in [2.75, 3.05) is 7.11 Å². The third-order valence-electron chi connectivity index (χ3n) is 2.64. The number of benzene rings is 1. The number of H-pyrrole nitrogens is 1. The highest BCUT2D eigenvalue weighted by Gasteiger charge is 2.10. The molecule has 0 bridgehead atoms. The van der Waals surface area contributed by atoms with Gasteiger partial charge in [-0.3, -0.25) is 0 Å². The Hall–Kier alpha value is -2.36. The Kier molecular flexibility index (Phi) is 2.26. The SMILES string of the molecule is COc1nc2ccccc2cc1-c1ncc[nH]1. The van der Waals surface area contributed by atoms with E-state index in [2.05, 4.69) is 15.0 Å². The lowest BCUT2D eigenvalue weighted by atomic mass is 10.1. The Bertz CT molecular complexity index is 647. The van der Waals surface area contributed by atoms with Crippen LogP contribution in [0.2, 0.25) is 0 Å². The normalized spacial score (nSPS) is 10.6. The largest absolute Gasteiger partial charge is 0.480 e. The van der Waals surface area contributed by atoms with Gasteiger partial charge in [0.1, 0.15) is 5.82 Å². The van der Waals surface area contributed by atoms with Crippen molar-refractivity contribution in [1.82, 2.24) is 15.0 Å². The number of pyridine rings is 1. The van der Waals surface area contributed by atoms with E-state index in [1.807, 2.05) is 30.3 Å². The van der Waals surface area contributed by atoms with Crippen molar-refractivity contribution in [3.63, 3.8) is 0 Å². The predicted molar refractivity (Wildman–Crippen MR) is 65.9 cm³/mol. The summed E-state index contributed by atoms with van der Waals surface area (Å²) in [6, 6.07) is 9.96. The smallest absolute Gasteiger partial charge is 0.224 e. The van der Waals surface area contributed by atoms with Gasteiger partial charge in [0.2, 0.25) is 5.88 Å². The van der Waals surface area contributed by atoms with Crippen molar-refractivity contribution in [2.45, 2.75) is 0 Å². The minimum atomic E-state index is 0.582. The van der Waals surface area contributed by atoms with Gasteiger partial charge >= 0.3 is 0 Å². The first-order valence-corrected chi connectivity index (χ1v) is 5.32. The molecule has 4 nitrogen and oxygen atoms in total. The Labute approximate surface area is 98.3 Å². The maximum Gasteiger partial charge on any atom is 0.224 e. The molecule has 0 spiro atoms. The average molecular weight is 225 g/mol. The topological polar surface area (TPSA) is 50.8 Å². The van der Waals surface area contributed by atoms with E-state index in [-0.39, 0.29) is 0 Å². The Morgan fingerprint density at radius 3 is 2.88 bits per heavy atom. The summed E-state index contributed by atoms with van der Waals surface area (Å²) >= 11 is 0. The summed E-state index contributed by atoms with van der Waals surface area (Å²) < 4.78 is 5.31. The summed E-state index contributed by atoms with van der Waals surface area (Å²) in [6.45, 7) is 0. The first-order valence-electron chi connectivity index (χ1n) is 5.32. The van der Waals surface area contributed by atoms with Gasteiger partial charge in [-0.25, -0.2) is 9.97 Å². The molecule has 0 atom stereocenters. The Morgan fingerprint density at radius 2 is 2.12 bits per heavy atom. The molecule has 0 aliphatic heterocycles. The van der Waals surface area contributed by atoms with Gasteiger partial charge in [0.05, 0.1) is 18.2 Å². The molecule has 0 fully saturated rings. The summed E-state index contributed by atoms with van der Waals surface area (Å²) in [5, 5.41) is 1.07. The summed E-state index contributed by atoms with van der Waals surface area (Å²) in [6.07, 6.45) is 3.49. The lowest BCUT2D eigenvalue weighted by molar-refractivity contribution is 0.401. The fraction of sp³-hybridized carbons (Fsp3) is 0.0769. The molecule has 3 rings (SSSR count). The molecule has 1 N–H and O–H groups in total. The Morgan fingerprint density at radius 1 is 1.24 bits per heavy atom. The number of fused-ring (bicyclic) bond motifs is 1. The van der Waals surface area contributed by atoms with Crippen LogP contribution in [0.1, 0.15) is 0 Å². The molecule has 0 unspecified atom stereocenters. The van der Waals surface area contributed by atoms with Gasteiger partial charge < -0.3 is 9.72 Å². The van der Waals surface area contributed by atoms with E-state index in [4.69, 9.17) is 4.74 Å². The maximum absolute atomic E-state index is 5.31.